The zero-order valence-electron chi connectivity index (χ0n) is 17.0. The average Bonchev–Trinajstić information content (AvgIpc) is 2.78. The Morgan fingerprint density at radius 1 is 0.806 bits per heavy atom. The molecule has 0 radical (unpaired) electrons. The number of rotatable bonds is 5. The van der Waals surface area contributed by atoms with Crippen LogP contribution in [-0.4, -0.2) is 16.9 Å². The van der Waals surface area contributed by atoms with Crippen LogP contribution in [0.15, 0.2) is 91.0 Å². The number of amides is 2. The molecule has 0 aliphatic carbocycles. The first-order chi connectivity index (χ1) is 15.0. The van der Waals surface area contributed by atoms with Crippen LogP contribution in [0.1, 0.15) is 34.5 Å². The molecule has 0 aromatic heterocycles. The number of nitrogens with one attached hydrogen (secondary N) is 2. The van der Waals surface area contributed by atoms with Crippen LogP contribution >= 0.6 is 0 Å². The Labute approximate surface area is 180 Å². The summed E-state index contributed by atoms with van der Waals surface area (Å²) in [6, 6.07) is 27.0. The lowest BCUT2D eigenvalue weighted by molar-refractivity contribution is -0.114. The SMILES string of the molecule is CC(=O)Nc1ccc(C(=O)NC(c2ccccc2)c2c(O)ccc3ccccc23)cc1. The molecule has 4 aromatic rings. The number of hydrogen-bond donors (Lipinski definition) is 3. The van der Waals surface area contributed by atoms with E-state index in [-0.39, 0.29) is 17.6 Å². The van der Waals surface area contributed by atoms with Gasteiger partial charge in [0, 0.05) is 23.7 Å². The summed E-state index contributed by atoms with van der Waals surface area (Å²) < 4.78 is 0. The van der Waals surface area contributed by atoms with Gasteiger partial charge in [0.25, 0.3) is 5.91 Å². The Balaban J connectivity index is 1.73. The maximum absolute atomic E-state index is 13.1. The molecule has 4 rings (SSSR count). The van der Waals surface area contributed by atoms with Gasteiger partial charge >= 0.3 is 0 Å². The van der Waals surface area contributed by atoms with E-state index in [1.165, 1.54) is 6.92 Å². The van der Waals surface area contributed by atoms with Crippen LogP contribution in [0.3, 0.4) is 0 Å². The maximum atomic E-state index is 13.1. The highest BCUT2D eigenvalue weighted by atomic mass is 16.3. The Bertz CT molecular complexity index is 1230. The number of benzene rings is 4. The van der Waals surface area contributed by atoms with E-state index in [9.17, 15) is 14.7 Å². The van der Waals surface area contributed by atoms with Gasteiger partial charge in [-0.3, -0.25) is 9.59 Å². The third kappa shape index (κ3) is 4.41. The van der Waals surface area contributed by atoms with Gasteiger partial charge in [0.2, 0.25) is 5.91 Å². The lowest BCUT2D eigenvalue weighted by atomic mass is 9.92. The first kappa shape index (κ1) is 20.2. The summed E-state index contributed by atoms with van der Waals surface area (Å²) in [5.74, 6) is -0.336. The minimum atomic E-state index is -0.546. The predicted octanol–water partition coefficient (Wildman–Crippen LogP) is 5.02. The van der Waals surface area contributed by atoms with E-state index in [0.717, 1.165) is 16.3 Å². The van der Waals surface area contributed by atoms with Crippen LogP contribution in [0, 0.1) is 0 Å². The van der Waals surface area contributed by atoms with Gasteiger partial charge in [-0.1, -0.05) is 60.7 Å². The summed E-state index contributed by atoms with van der Waals surface area (Å²) >= 11 is 0. The molecule has 0 bridgehead atoms. The number of aromatic hydroxyl groups is 1. The molecular formula is C26H22N2O3. The number of carbonyl (C=O) groups is 2. The van der Waals surface area contributed by atoms with E-state index >= 15 is 0 Å². The van der Waals surface area contributed by atoms with Crippen molar-refractivity contribution in [2.75, 3.05) is 5.32 Å². The summed E-state index contributed by atoms with van der Waals surface area (Å²) in [5, 5.41) is 18.4. The Morgan fingerprint density at radius 2 is 1.48 bits per heavy atom. The summed E-state index contributed by atoms with van der Waals surface area (Å²) in [6.45, 7) is 1.43. The van der Waals surface area contributed by atoms with E-state index < -0.39 is 6.04 Å². The standard InChI is InChI=1S/C26H22N2O3/c1-17(29)27-21-14-11-20(12-15-21)26(31)28-25(19-8-3-2-4-9-19)24-22-10-6-5-7-18(22)13-16-23(24)30/h2-16,25,30H,1H3,(H,27,29)(H,28,31). The molecule has 31 heavy (non-hydrogen) atoms. The Hall–Kier alpha value is -4.12. The molecule has 0 aliphatic heterocycles. The molecule has 0 fully saturated rings. The predicted molar refractivity (Wildman–Crippen MR) is 122 cm³/mol. The number of carbonyl (C=O) groups excluding carboxylic acids is 2. The molecule has 0 spiro atoms. The molecule has 4 aromatic carbocycles. The van der Waals surface area contributed by atoms with E-state index in [4.69, 9.17) is 0 Å². The monoisotopic (exact) mass is 410 g/mol. The van der Waals surface area contributed by atoms with E-state index in [1.807, 2.05) is 60.7 Å². The minimum absolute atomic E-state index is 0.119. The third-order valence-electron chi connectivity index (χ3n) is 5.11. The first-order valence-corrected chi connectivity index (χ1v) is 9.97. The lowest BCUT2D eigenvalue weighted by Crippen LogP contribution is -2.29. The van der Waals surface area contributed by atoms with Crippen molar-refractivity contribution in [2.24, 2.45) is 0 Å². The smallest absolute Gasteiger partial charge is 0.252 e. The van der Waals surface area contributed by atoms with Crippen molar-refractivity contribution in [1.29, 1.82) is 0 Å². The molecule has 5 heteroatoms. The second-order valence-corrected chi connectivity index (χ2v) is 7.30. The summed E-state index contributed by atoms with van der Waals surface area (Å²) in [7, 11) is 0. The van der Waals surface area contributed by atoms with Crippen LogP contribution in [-0.2, 0) is 4.79 Å². The Kier molecular flexibility index (Phi) is 5.67. The normalized spacial score (nSPS) is 11.6. The summed E-state index contributed by atoms with van der Waals surface area (Å²) in [6.07, 6.45) is 0. The molecule has 5 nitrogen and oxygen atoms in total. The highest BCUT2D eigenvalue weighted by Crippen LogP contribution is 2.36. The van der Waals surface area contributed by atoms with Gasteiger partial charge in [-0.2, -0.15) is 0 Å². The molecule has 0 saturated heterocycles. The topological polar surface area (TPSA) is 78.4 Å². The fraction of sp³-hybridized carbons (Fsp3) is 0.0769. The van der Waals surface area contributed by atoms with Crippen LogP contribution < -0.4 is 10.6 Å². The van der Waals surface area contributed by atoms with Gasteiger partial charge in [0.05, 0.1) is 6.04 Å². The fourth-order valence-corrected chi connectivity index (χ4v) is 3.68. The number of phenolic OH excluding ortho intramolecular Hbond substituents is 1. The van der Waals surface area contributed by atoms with Crippen molar-refractivity contribution in [3.05, 3.63) is 108 Å². The van der Waals surface area contributed by atoms with Crippen molar-refractivity contribution in [2.45, 2.75) is 13.0 Å². The number of fused-ring (bicyclic) bond motifs is 1. The molecule has 0 saturated carbocycles. The van der Waals surface area contributed by atoms with Gasteiger partial charge in [-0.15, -0.1) is 0 Å². The van der Waals surface area contributed by atoms with Gasteiger partial charge in [-0.05, 0) is 46.7 Å². The maximum Gasteiger partial charge on any atom is 0.252 e. The molecule has 0 aliphatic rings. The van der Waals surface area contributed by atoms with E-state index in [1.54, 1.807) is 30.3 Å². The van der Waals surface area contributed by atoms with E-state index in [2.05, 4.69) is 10.6 Å². The molecule has 0 heterocycles. The van der Waals surface area contributed by atoms with E-state index in [0.29, 0.717) is 16.8 Å². The van der Waals surface area contributed by atoms with Crippen molar-refractivity contribution >= 4 is 28.3 Å². The van der Waals surface area contributed by atoms with Gasteiger partial charge in [-0.25, -0.2) is 0 Å². The zero-order chi connectivity index (χ0) is 21.8. The van der Waals surface area contributed by atoms with Gasteiger partial charge in [0.1, 0.15) is 5.75 Å². The average molecular weight is 410 g/mol. The van der Waals surface area contributed by atoms with Crippen molar-refractivity contribution in [1.82, 2.24) is 5.32 Å². The van der Waals surface area contributed by atoms with Crippen LogP contribution in [0.5, 0.6) is 5.75 Å². The summed E-state index contributed by atoms with van der Waals surface area (Å²) in [5.41, 5.74) is 2.58. The third-order valence-corrected chi connectivity index (χ3v) is 5.11. The highest BCUT2D eigenvalue weighted by Gasteiger charge is 2.23. The second-order valence-electron chi connectivity index (χ2n) is 7.30. The number of phenols is 1. The van der Waals surface area contributed by atoms with Gasteiger partial charge in [0.15, 0.2) is 0 Å². The second kappa shape index (κ2) is 8.71. The first-order valence-electron chi connectivity index (χ1n) is 9.97. The van der Waals surface area contributed by atoms with Crippen molar-refractivity contribution in [3.8, 4) is 5.75 Å². The van der Waals surface area contributed by atoms with Crippen LogP contribution in [0.2, 0.25) is 0 Å². The molecule has 2 amide bonds. The lowest BCUT2D eigenvalue weighted by Gasteiger charge is -2.23. The Morgan fingerprint density at radius 3 is 2.19 bits per heavy atom. The fourth-order valence-electron chi connectivity index (χ4n) is 3.68. The number of anilines is 1. The molecule has 154 valence electrons. The molecule has 1 atom stereocenters. The quantitative estimate of drug-likeness (QED) is 0.432. The van der Waals surface area contributed by atoms with Crippen LogP contribution in [0.25, 0.3) is 10.8 Å². The molecule has 3 N–H and O–H groups in total. The highest BCUT2D eigenvalue weighted by molar-refractivity contribution is 5.97. The molecular weight excluding hydrogens is 388 g/mol. The van der Waals surface area contributed by atoms with Crippen molar-refractivity contribution in [3.63, 3.8) is 0 Å². The minimum Gasteiger partial charge on any atom is -0.508 e. The van der Waals surface area contributed by atoms with Crippen LogP contribution in [0.4, 0.5) is 5.69 Å². The number of hydrogen-bond acceptors (Lipinski definition) is 3. The summed E-state index contributed by atoms with van der Waals surface area (Å²) in [4.78, 5) is 24.3. The largest absolute Gasteiger partial charge is 0.508 e. The zero-order valence-corrected chi connectivity index (χ0v) is 17.0. The van der Waals surface area contributed by atoms with Crippen molar-refractivity contribution < 1.29 is 14.7 Å². The van der Waals surface area contributed by atoms with Gasteiger partial charge < -0.3 is 15.7 Å². The molecule has 1 unspecified atom stereocenters.